The highest BCUT2D eigenvalue weighted by molar-refractivity contribution is 5.29. The maximum Gasteiger partial charge on any atom is 0.194 e. The van der Waals surface area contributed by atoms with Crippen LogP contribution in [0, 0.1) is 24.4 Å². The topological polar surface area (TPSA) is 37.8 Å². The summed E-state index contributed by atoms with van der Waals surface area (Å²) in [6.45, 7) is 1.77. The molecule has 2 rings (SSSR count). The molecule has 0 amide bonds. The first-order valence-corrected chi connectivity index (χ1v) is 5.63. The van der Waals surface area contributed by atoms with Crippen molar-refractivity contribution in [3.05, 3.63) is 58.9 Å². The summed E-state index contributed by atoms with van der Waals surface area (Å²) in [5.41, 5.74) is 1.13. The summed E-state index contributed by atoms with van der Waals surface area (Å²) in [5, 5.41) is 2.81. The van der Waals surface area contributed by atoms with Crippen molar-refractivity contribution >= 4 is 0 Å². The number of halogens is 3. The number of benzene rings is 1. The zero-order chi connectivity index (χ0) is 14.0. The van der Waals surface area contributed by atoms with Crippen LogP contribution >= 0.6 is 0 Å². The predicted octanol–water partition coefficient (Wildman–Crippen LogP) is 2.51. The Labute approximate surface area is 108 Å². The van der Waals surface area contributed by atoms with Crippen LogP contribution in [0.3, 0.4) is 0 Å². The van der Waals surface area contributed by atoms with Gasteiger partial charge in [-0.25, -0.2) is 13.2 Å². The van der Waals surface area contributed by atoms with Gasteiger partial charge in [0.2, 0.25) is 0 Å². The van der Waals surface area contributed by atoms with Gasteiger partial charge in [-0.3, -0.25) is 9.97 Å². The fraction of sp³-hybridized carbons (Fsp3) is 0.231. The van der Waals surface area contributed by atoms with Crippen molar-refractivity contribution in [1.29, 1.82) is 0 Å². The Morgan fingerprint density at radius 3 is 2.37 bits per heavy atom. The zero-order valence-electron chi connectivity index (χ0n) is 10.4. The minimum atomic E-state index is -1.49. The average molecular weight is 267 g/mol. The van der Waals surface area contributed by atoms with Gasteiger partial charge in [0, 0.05) is 11.8 Å². The largest absolute Gasteiger partial charge is 0.308 e. The van der Waals surface area contributed by atoms with Crippen LogP contribution < -0.4 is 5.32 Å². The second kappa shape index (κ2) is 5.36. The summed E-state index contributed by atoms with van der Waals surface area (Å²) in [5.74, 6) is -3.93. The standard InChI is InChI=1S/C13H12F3N3/c1-7-5-19-10(6-18-7)13(17-2)8-3-4-9(14)12(16)11(8)15/h3-6,13,17H,1-2H3. The molecule has 100 valence electrons. The molecule has 2 aromatic rings. The lowest BCUT2D eigenvalue weighted by molar-refractivity contribution is 0.434. The van der Waals surface area contributed by atoms with Crippen LogP contribution in [0.15, 0.2) is 24.5 Å². The summed E-state index contributed by atoms with van der Waals surface area (Å²) >= 11 is 0. The highest BCUT2D eigenvalue weighted by atomic mass is 19.2. The molecule has 0 bridgehead atoms. The second-order valence-corrected chi connectivity index (χ2v) is 4.07. The first kappa shape index (κ1) is 13.5. The van der Waals surface area contributed by atoms with E-state index in [4.69, 9.17) is 0 Å². The minimum absolute atomic E-state index is 0.0143. The first-order valence-electron chi connectivity index (χ1n) is 5.63. The molecule has 1 heterocycles. The molecule has 1 N–H and O–H groups in total. The number of nitrogens with one attached hydrogen (secondary N) is 1. The lowest BCUT2D eigenvalue weighted by Gasteiger charge is -2.17. The molecule has 3 nitrogen and oxygen atoms in total. The number of rotatable bonds is 3. The van der Waals surface area contributed by atoms with Gasteiger partial charge < -0.3 is 5.32 Å². The van der Waals surface area contributed by atoms with E-state index in [2.05, 4.69) is 15.3 Å². The van der Waals surface area contributed by atoms with E-state index in [0.29, 0.717) is 11.4 Å². The molecule has 0 spiro atoms. The van der Waals surface area contributed by atoms with Gasteiger partial charge in [-0.15, -0.1) is 0 Å². The van der Waals surface area contributed by atoms with Crippen LogP contribution in [0.4, 0.5) is 13.2 Å². The highest BCUT2D eigenvalue weighted by Crippen LogP contribution is 2.25. The molecule has 0 saturated carbocycles. The summed E-state index contributed by atoms with van der Waals surface area (Å²) in [6, 6.07) is 1.39. The first-order chi connectivity index (χ1) is 9.04. The molecule has 0 aliphatic heterocycles. The molecule has 1 aromatic heterocycles. The van der Waals surface area contributed by atoms with Gasteiger partial charge in [0.25, 0.3) is 0 Å². The number of aromatic nitrogens is 2. The Morgan fingerprint density at radius 2 is 1.79 bits per heavy atom. The Kier molecular flexibility index (Phi) is 3.80. The van der Waals surface area contributed by atoms with E-state index in [1.165, 1.54) is 18.5 Å². The lowest BCUT2D eigenvalue weighted by Crippen LogP contribution is -2.21. The van der Waals surface area contributed by atoms with E-state index < -0.39 is 23.5 Å². The molecule has 0 aliphatic rings. The van der Waals surface area contributed by atoms with Gasteiger partial charge >= 0.3 is 0 Å². The van der Waals surface area contributed by atoms with Gasteiger partial charge in [-0.1, -0.05) is 6.07 Å². The SMILES string of the molecule is CNC(c1cnc(C)cn1)c1ccc(F)c(F)c1F. The van der Waals surface area contributed by atoms with E-state index in [1.54, 1.807) is 14.0 Å². The van der Waals surface area contributed by atoms with Crippen molar-refractivity contribution in [1.82, 2.24) is 15.3 Å². The third-order valence-corrected chi connectivity index (χ3v) is 2.76. The summed E-state index contributed by atoms with van der Waals surface area (Å²) in [4.78, 5) is 8.16. The summed E-state index contributed by atoms with van der Waals surface area (Å²) < 4.78 is 39.9. The third kappa shape index (κ3) is 2.58. The molecule has 1 aromatic carbocycles. The van der Waals surface area contributed by atoms with Crippen LogP contribution in [-0.2, 0) is 0 Å². The molecule has 0 fully saturated rings. The predicted molar refractivity (Wildman–Crippen MR) is 64.0 cm³/mol. The van der Waals surface area contributed by atoms with Gasteiger partial charge in [0.05, 0.1) is 23.6 Å². The number of hydrogen-bond acceptors (Lipinski definition) is 3. The minimum Gasteiger partial charge on any atom is -0.308 e. The van der Waals surface area contributed by atoms with Gasteiger partial charge in [0.1, 0.15) is 0 Å². The van der Waals surface area contributed by atoms with Gasteiger partial charge in [0.15, 0.2) is 17.5 Å². The van der Waals surface area contributed by atoms with Crippen molar-refractivity contribution in [2.24, 2.45) is 0 Å². The zero-order valence-corrected chi connectivity index (χ0v) is 10.4. The summed E-state index contributed by atoms with van der Waals surface area (Å²) in [6.07, 6.45) is 2.99. The summed E-state index contributed by atoms with van der Waals surface area (Å²) in [7, 11) is 1.58. The second-order valence-electron chi connectivity index (χ2n) is 4.07. The average Bonchev–Trinajstić information content (AvgIpc) is 2.41. The maximum atomic E-state index is 13.8. The van der Waals surface area contributed by atoms with E-state index in [1.807, 2.05) is 0 Å². The van der Waals surface area contributed by atoms with Crippen LogP contribution in [0.1, 0.15) is 23.0 Å². The smallest absolute Gasteiger partial charge is 0.194 e. The Bertz CT molecular complexity index is 584. The van der Waals surface area contributed by atoms with Crippen molar-refractivity contribution in [2.45, 2.75) is 13.0 Å². The van der Waals surface area contributed by atoms with Crippen LogP contribution in [-0.4, -0.2) is 17.0 Å². The maximum absolute atomic E-state index is 13.8. The Balaban J connectivity index is 2.48. The monoisotopic (exact) mass is 267 g/mol. The van der Waals surface area contributed by atoms with E-state index in [-0.39, 0.29) is 5.56 Å². The lowest BCUT2D eigenvalue weighted by atomic mass is 10.0. The van der Waals surface area contributed by atoms with E-state index in [0.717, 1.165) is 6.07 Å². The number of aryl methyl sites for hydroxylation is 1. The van der Waals surface area contributed by atoms with Crippen molar-refractivity contribution in [3.8, 4) is 0 Å². The van der Waals surface area contributed by atoms with Crippen molar-refractivity contribution < 1.29 is 13.2 Å². The molecule has 0 saturated heterocycles. The van der Waals surface area contributed by atoms with Crippen LogP contribution in [0.25, 0.3) is 0 Å². The van der Waals surface area contributed by atoms with Crippen LogP contribution in [0.5, 0.6) is 0 Å². The van der Waals surface area contributed by atoms with Crippen LogP contribution in [0.2, 0.25) is 0 Å². The molecule has 19 heavy (non-hydrogen) atoms. The molecule has 0 radical (unpaired) electrons. The fourth-order valence-corrected chi connectivity index (χ4v) is 1.78. The van der Waals surface area contributed by atoms with Gasteiger partial charge in [-0.2, -0.15) is 0 Å². The third-order valence-electron chi connectivity index (χ3n) is 2.76. The number of hydrogen-bond donors (Lipinski definition) is 1. The van der Waals surface area contributed by atoms with Crippen molar-refractivity contribution in [3.63, 3.8) is 0 Å². The highest BCUT2D eigenvalue weighted by Gasteiger charge is 2.22. The molecule has 6 heteroatoms. The van der Waals surface area contributed by atoms with E-state index >= 15 is 0 Å². The quantitative estimate of drug-likeness (QED) is 0.868. The number of nitrogens with zero attached hydrogens (tertiary/aromatic N) is 2. The van der Waals surface area contributed by atoms with Gasteiger partial charge in [-0.05, 0) is 20.0 Å². The fourth-order valence-electron chi connectivity index (χ4n) is 1.78. The Morgan fingerprint density at radius 1 is 1.05 bits per heavy atom. The molecule has 1 unspecified atom stereocenters. The molecule has 1 atom stereocenters. The molecular formula is C13H12F3N3. The van der Waals surface area contributed by atoms with E-state index in [9.17, 15) is 13.2 Å². The normalized spacial score (nSPS) is 12.5. The Hall–Kier alpha value is -1.95. The molecule has 0 aliphatic carbocycles. The van der Waals surface area contributed by atoms with Crippen molar-refractivity contribution in [2.75, 3.05) is 7.05 Å². The molecular weight excluding hydrogens is 255 g/mol.